The van der Waals surface area contributed by atoms with E-state index in [0.717, 1.165) is 0 Å². The minimum Gasteiger partial charge on any atom is -0.748 e. The smallest absolute Gasteiger partial charge is 0.748 e. The van der Waals surface area contributed by atoms with Gasteiger partial charge in [0.2, 0.25) is 0 Å². The number of hydrogen-bond donors (Lipinski definition) is 0. The van der Waals surface area contributed by atoms with Gasteiger partial charge in [0.1, 0.15) is 0 Å². The number of hydrogen-bond acceptors (Lipinski definition) is 9. The van der Waals surface area contributed by atoms with Crippen LogP contribution in [0.15, 0.2) is 0 Å². The second-order valence-electron chi connectivity index (χ2n) is 2.11. The molecule has 0 aromatic rings. The predicted octanol–water partition coefficient (Wildman–Crippen LogP) is -6.20. The summed E-state index contributed by atoms with van der Waals surface area (Å²) in [4.78, 5) is 0. The first-order valence-electron chi connectivity index (χ1n) is 2.72. The Bertz CT molecular complexity index is 350. The molecule has 0 amide bonds. The van der Waals surface area contributed by atoms with Crippen molar-refractivity contribution in [1.29, 1.82) is 0 Å². The average molecular weight is 384 g/mol. The van der Waals surface area contributed by atoms with Gasteiger partial charge in [0.25, 0.3) is 0 Å². The summed E-state index contributed by atoms with van der Waals surface area (Å²) < 4.78 is 81.7. The van der Waals surface area contributed by atoms with Gasteiger partial charge in [-0.3, -0.25) is 0 Å². The van der Waals surface area contributed by atoms with Gasteiger partial charge in [-0.25, -0.2) is 25.3 Å². The molecule has 0 aliphatic carbocycles. The molecule has 0 rings (SSSR count). The second-order valence-corrected chi connectivity index (χ2v) is 6.34. The van der Waals surface area contributed by atoms with Crippen LogP contribution < -0.4 is 0 Å². The van der Waals surface area contributed by atoms with Crippen LogP contribution in [0.2, 0.25) is 0 Å². The molecule has 0 saturated heterocycles. The minimum atomic E-state index is -3.92. The Morgan fingerprint density at radius 1 is 0.500 bits per heavy atom. The summed E-state index contributed by atoms with van der Waals surface area (Å²) in [5.41, 5.74) is 0. The minimum absolute atomic E-state index is 0. The summed E-state index contributed by atoms with van der Waals surface area (Å²) in [5.74, 6) is 0. The molecule has 0 radical (unpaired) electrons. The van der Waals surface area contributed by atoms with E-state index in [0.29, 0.717) is 18.8 Å². The molecule has 0 bridgehead atoms. The van der Waals surface area contributed by atoms with Crippen LogP contribution in [0.4, 0.5) is 0 Å². The maximum atomic E-state index is 9.08. The fraction of sp³-hybridized carbons (Fsp3) is 1.00. The quantitative estimate of drug-likeness (QED) is 0.282. The van der Waals surface area contributed by atoms with Gasteiger partial charge in [0.05, 0.1) is 30.4 Å². The van der Waals surface area contributed by atoms with Crippen LogP contribution in [0.5, 0.6) is 0 Å². The molecule has 0 aliphatic heterocycles. The van der Waals surface area contributed by atoms with Crippen LogP contribution in [0, 0.1) is 0 Å². The third kappa shape index (κ3) is 504000. The fourth-order valence-electron chi connectivity index (χ4n) is 0. The Morgan fingerprint density at radius 3 is 0.500 bits per heavy atom. The summed E-state index contributed by atoms with van der Waals surface area (Å²) >= 11 is 0. The van der Waals surface area contributed by atoms with Crippen LogP contribution in [-0.4, -0.2) is 96.9 Å². The summed E-state index contributed by atoms with van der Waals surface area (Å²) in [6.45, 7) is 0. The van der Waals surface area contributed by atoms with Gasteiger partial charge in [0, 0.05) is 18.8 Å². The van der Waals surface area contributed by atoms with Crippen molar-refractivity contribution in [2.75, 3.05) is 18.8 Å². The zero-order chi connectivity index (χ0) is 13.5. The van der Waals surface area contributed by atoms with Crippen LogP contribution in [-0.2, 0) is 30.4 Å². The molecule has 0 unspecified atom stereocenters. The van der Waals surface area contributed by atoms with Gasteiger partial charge >= 0.3 is 17.4 Å². The molecule has 0 atom stereocenters. The van der Waals surface area contributed by atoms with E-state index in [1.54, 1.807) is 0 Å². The van der Waals surface area contributed by atoms with Crippen LogP contribution in [0.1, 0.15) is 0 Å². The molecular weight excluding hydrogens is 367 g/mol. The predicted molar refractivity (Wildman–Crippen MR) is 67.1 cm³/mol. The summed E-state index contributed by atoms with van der Waals surface area (Å²) in [6.07, 6.45) is 1.81. The van der Waals surface area contributed by atoms with Gasteiger partial charge in [-0.15, -0.1) is 0 Å². The van der Waals surface area contributed by atoms with Crippen molar-refractivity contribution in [1.82, 2.24) is 0 Å². The molecule has 17 heteroatoms. The largest absolute Gasteiger partial charge is 3.00 e. The van der Waals surface area contributed by atoms with E-state index < -0.39 is 30.4 Å². The van der Waals surface area contributed by atoms with Crippen molar-refractivity contribution < 1.29 is 60.8 Å². The zero-order valence-corrected chi connectivity index (χ0v) is 14.1. The van der Waals surface area contributed by atoms with E-state index in [4.69, 9.17) is 38.9 Å². The van der Waals surface area contributed by atoms with E-state index in [1.807, 2.05) is 0 Å². The summed E-state index contributed by atoms with van der Waals surface area (Å²) in [6, 6.07) is 0. The van der Waals surface area contributed by atoms with Crippen molar-refractivity contribution in [3.63, 3.8) is 0 Å². The second kappa shape index (κ2) is 19.1. The van der Waals surface area contributed by atoms with E-state index in [2.05, 4.69) is 0 Å². The molecule has 0 aromatic heterocycles. The molecule has 0 heterocycles. The van der Waals surface area contributed by atoms with Crippen LogP contribution in [0.3, 0.4) is 0 Å². The maximum Gasteiger partial charge on any atom is 3.00 e. The topological polar surface area (TPSA) is 298 Å². The molecule has 20 heavy (non-hydrogen) atoms. The van der Waals surface area contributed by atoms with E-state index in [1.165, 1.54) is 0 Å². The molecule has 128 valence electrons. The molecular formula is C3H17AlO13S3. The monoisotopic (exact) mass is 384 g/mol. The summed E-state index contributed by atoms with van der Waals surface area (Å²) in [5, 5.41) is 0. The molecule has 13 nitrogen and oxygen atoms in total. The Hall–Kier alpha value is 0.102. The molecule has 0 saturated carbocycles. The maximum absolute atomic E-state index is 9.08. The third-order valence-electron chi connectivity index (χ3n) is 0. The average Bonchev–Trinajstić information content (AvgIpc) is 1.41. The Morgan fingerprint density at radius 2 is 0.500 bits per heavy atom. The van der Waals surface area contributed by atoms with Crippen LogP contribution in [0.25, 0.3) is 0 Å². The van der Waals surface area contributed by atoms with E-state index in [9.17, 15) is 0 Å². The molecule has 0 aromatic carbocycles. The fourth-order valence-corrected chi connectivity index (χ4v) is 0. The zero-order valence-electron chi connectivity index (χ0n) is 10.5. The van der Waals surface area contributed by atoms with Gasteiger partial charge in [-0.05, 0) is 0 Å². The molecule has 0 fully saturated rings. The van der Waals surface area contributed by atoms with E-state index >= 15 is 0 Å². The third-order valence-corrected chi connectivity index (χ3v) is 0. The first-order valence-corrected chi connectivity index (χ1v) is 8.17. The van der Waals surface area contributed by atoms with Crippen LogP contribution >= 0.6 is 0 Å². The molecule has 0 aliphatic rings. The normalized spacial score (nSPS) is 8.70. The Balaban J connectivity index is -0.0000000160. The van der Waals surface area contributed by atoms with Gasteiger partial charge in [0.15, 0.2) is 0 Å². The van der Waals surface area contributed by atoms with Crippen molar-refractivity contribution in [3.05, 3.63) is 0 Å². The first kappa shape index (κ1) is 50.1. The number of rotatable bonds is 0. The van der Waals surface area contributed by atoms with E-state index in [-0.39, 0.29) is 39.3 Å². The summed E-state index contributed by atoms with van der Waals surface area (Å²) in [7, 11) is -11.8. The SMILES string of the molecule is CS(=O)(=O)[O-].CS(=O)(=O)[O-].CS(=O)(=O)[O-].O.O.O.O.[Al+3]. The van der Waals surface area contributed by atoms with Crippen molar-refractivity contribution in [3.8, 4) is 0 Å². The van der Waals surface area contributed by atoms with Gasteiger partial charge in [-0.2, -0.15) is 0 Å². The van der Waals surface area contributed by atoms with Gasteiger partial charge < -0.3 is 35.6 Å². The first-order chi connectivity index (χ1) is 6.00. The van der Waals surface area contributed by atoms with Crippen molar-refractivity contribution in [2.24, 2.45) is 0 Å². The van der Waals surface area contributed by atoms with Crippen molar-refractivity contribution in [2.45, 2.75) is 0 Å². The Labute approximate surface area is 127 Å². The molecule has 8 N–H and O–H groups in total. The standard InChI is InChI=1S/3CH4O3S.Al.4H2O/c3*1-5(2,3)4;;;;;/h3*1H3,(H,2,3,4);;4*1H2/q;;;+3;;;;/p-3. The van der Waals surface area contributed by atoms with Gasteiger partial charge in [-0.1, -0.05) is 0 Å². The van der Waals surface area contributed by atoms with Crippen molar-refractivity contribution >= 4 is 47.7 Å². The molecule has 0 spiro atoms. The Kier molecular flexibility index (Phi) is 47.8.